The fraction of sp³-hybridized carbons (Fsp3) is 0.400. The van der Waals surface area contributed by atoms with Crippen LogP contribution in [0.1, 0.15) is 18.4 Å². The van der Waals surface area contributed by atoms with Crippen molar-refractivity contribution in [2.45, 2.75) is 31.8 Å². The topological polar surface area (TPSA) is 88.3 Å². The second-order valence-electron chi connectivity index (χ2n) is 11.9. The van der Waals surface area contributed by atoms with Crippen molar-refractivity contribution >= 4 is 33.4 Å². The molecule has 0 bridgehead atoms. The van der Waals surface area contributed by atoms with E-state index in [2.05, 4.69) is 26.8 Å². The molecule has 0 saturated carbocycles. The number of halogens is 1. The molecule has 2 aromatic carbocycles. The summed E-state index contributed by atoms with van der Waals surface area (Å²) in [5, 5.41) is 2.39. The van der Waals surface area contributed by atoms with Crippen LogP contribution >= 0.6 is 0 Å². The number of amides is 1. The number of likely N-dealkylation sites (tertiary alicyclic amines) is 1. The van der Waals surface area contributed by atoms with Crippen LogP contribution in [0.3, 0.4) is 0 Å². The highest BCUT2D eigenvalue weighted by molar-refractivity contribution is 6.00. The Hall–Kier alpha value is -4.66. The third-order valence-electron chi connectivity index (χ3n) is 8.98. The summed E-state index contributed by atoms with van der Waals surface area (Å²) in [7, 11) is 3.63. The number of nitrogens with zero attached hydrogens (tertiary/aromatic N) is 7. The molecule has 2 fully saturated rings. The van der Waals surface area contributed by atoms with Crippen LogP contribution < -0.4 is 9.64 Å². The van der Waals surface area contributed by atoms with Crippen molar-refractivity contribution in [2.75, 3.05) is 65.0 Å². The Morgan fingerprint density at radius 2 is 1.98 bits per heavy atom. The summed E-state index contributed by atoms with van der Waals surface area (Å²) in [6, 6.07) is 11.7. The van der Waals surface area contributed by atoms with Gasteiger partial charge in [0.15, 0.2) is 5.82 Å². The van der Waals surface area contributed by atoms with Crippen LogP contribution in [0.2, 0.25) is 0 Å². The number of carbonyl (C=O) groups is 1. The molecule has 2 aromatic heterocycles. The molecule has 0 radical (unpaired) electrons. The molecule has 238 valence electrons. The maximum Gasteiger partial charge on any atom is 0.319 e. The number of pyridine rings is 1. The van der Waals surface area contributed by atoms with E-state index < -0.39 is 5.82 Å². The fourth-order valence-corrected chi connectivity index (χ4v) is 6.54. The van der Waals surface area contributed by atoms with Gasteiger partial charge in [-0.05, 0) is 49.7 Å². The smallest absolute Gasteiger partial charge is 0.319 e. The fourth-order valence-electron chi connectivity index (χ4n) is 6.54. The van der Waals surface area contributed by atoms with Crippen LogP contribution in [0.4, 0.5) is 10.2 Å². The van der Waals surface area contributed by atoms with Gasteiger partial charge in [0.1, 0.15) is 29.7 Å². The van der Waals surface area contributed by atoms with E-state index in [1.807, 2.05) is 48.2 Å². The number of piperazine rings is 1. The quantitative estimate of drug-likeness (QED) is 0.192. The molecule has 0 N–H and O–H groups in total. The van der Waals surface area contributed by atoms with Gasteiger partial charge in [-0.25, -0.2) is 11.0 Å². The van der Waals surface area contributed by atoms with Crippen molar-refractivity contribution in [3.8, 4) is 17.3 Å². The average molecular weight is 624 g/mol. The highest BCUT2D eigenvalue weighted by Gasteiger charge is 2.34. The zero-order chi connectivity index (χ0) is 32.2. The Morgan fingerprint density at radius 1 is 1.15 bits per heavy atom. The van der Waals surface area contributed by atoms with E-state index in [-0.39, 0.29) is 41.8 Å². The van der Waals surface area contributed by atoms with E-state index in [1.54, 1.807) is 24.3 Å². The summed E-state index contributed by atoms with van der Waals surface area (Å²) in [5.74, 6) is -0.247. The number of methoxy groups -OCH3 is 1. The predicted molar refractivity (Wildman–Crippen MR) is 176 cm³/mol. The number of hydrogen-bond donors (Lipinski definition) is 0. The molecule has 11 heteroatoms. The summed E-state index contributed by atoms with van der Waals surface area (Å²) in [5.41, 5.74) is 2.05. The number of aryl methyl sites for hydroxylation is 1. The molecule has 1 amide bonds. The summed E-state index contributed by atoms with van der Waals surface area (Å²) in [6.07, 6.45) is 6.87. The minimum Gasteiger partial charge on any atom is -0.462 e. The SMILES string of the molecule is [C-]#[N+]C[C@H]1CN(c2nc(OC[C@@H]3CCCN3C)nc3c(F)c(-c4cccc5cccc(C)c45)ncc23)CCN1C(=O)/C=C/COC. The highest BCUT2D eigenvalue weighted by atomic mass is 19.1. The highest BCUT2D eigenvalue weighted by Crippen LogP contribution is 2.36. The van der Waals surface area contributed by atoms with Gasteiger partial charge in [-0.2, -0.15) is 9.97 Å². The van der Waals surface area contributed by atoms with E-state index in [4.69, 9.17) is 21.0 Å². The number of rotatable bonds is 9. The molecule has 2 saturated heterocycles. The number of ether oxygens (including phenoxy) is 2. The zero-order valence-electron chi connectivity index (χ0n) is 26.4. The van der Waals surface area contributed by atoms with Gasteiger partial charge in [-0.1, -0.05) is 42.5 Å². The maximum absolute atomic E-state index is 16.7. The van der Waals surface area contributed by atoms with Gasteiger partial charge < -0.3 is 29.0 Å². The summed E-state index contributed by atoms with van der Waals surface area (Å²) in [4.78, 5) is 36.6. The second kappa shape index (κ2) is 13.8. The van der Waals surface area contributed by atoms with Crippen molar-refractivity contribution in [3.63, 3.8) is 0 Å². The van der Waals surface area contributed by atoms with Crippen molar-refractivity contribution < 1.29 is 18.7 Å². The third kappa shape index (κ3) is 6.23. The van der Waals surface area contributed by atoms with Crippen molar-refractivity contribution in [2.24, 2.45) is 0 Å². The molecule has 4 heterocycles. The molecular formula is C35H38FN7O3. The lowest BCUT2D eigenvalue weighted by Gasteiger charge is -2.39. The van der Waals surface area contributed by atoms with E-state index >= 15 is 4.39 Å². The average Bonchev–Trinajstić information content (AvgIpc) is 3.48. The normalized spacial score (nSPS) is 18.9. The van der Waals surface area contributed by atoms with Gasteiger partial charge in [0.05, 0.1) is 12.0 Å². The Morgan fingerprint density at radius 3 is 2.74 bits per heavy atom. The number of benzene rings is 2. The number of aromatic nitrogens is 3. The lowest BCUT2D eigenvalue weighted by atomic mass is 9.97. The van der Waals surface area contributed by atoms with Crippen LogP contribution in [-0.4, -0.2) is 103 Å². The second-order valence-corrected chi connectivity index (χ2v) is 11.9. The number of carbonyl (C=O) groups excluding carboxylic acids is 1. The molecule has 2 aliphatic heterocycles. The van der Waals surface area contributed by atoms with E-state index in [1.165, 1.54) is 6.08 Å². The molecule has 10 nitrogen and oxygen atoms in total. The summed E-state index contributed by atoms with van der Waals surface area (Å²) < 4.78 is 27.9. The number of fused-ring (bicyclic) bond motifs is 2. The van der Waals surface area contributed by atoms with Crippen LogP contribution in [0.25, 0.3) is 37.8 Å². The molecule has 6 rings (SSSR count). The standard InChI is InChI=1S/C35H38FN7O3/c1-23-9-5-10-24-11-6-13-27(30(23)24)32-31(36)33-28(20-38-32)34(40-35(39-33)46-22-25-12-7-15-41(25)3)42-16-17-43(26(21-42)19-37-2)29(44)14-8-18-45-4/h5-6,8-11,13-14,20,25-26H,7,12,15-19,21-22H2,1,3-4H3/b14-8+/t25-,26-/m0/s1. The minimum atomic E-state index is -0.547. The first kappa shape index (κ1) is 31.3. The summed E-state index contributed by atoms with van der Waals surface area (Å²) >= 11 is 0. The minimum absolute atomic E-state index is 0.0932. The van der Waals surface area contributed by atoms with Crippen LogP contribution in [0.5, 0.6) is 6.01 Å². The Bertz CT molecular complexity index is 1820. The monoisotopic (exact) mass is 623 g/mol. The lowest BCUT2D eigenvalue weighted by Crippen LogP contribution is -2.56. The van der Waals surface area contributed by atoms with E-state index in [0.29, 0.717) is 49.6 Å². The van der Waals surface area contributed by atoms with Gasteiger partial charge in [-0.3, -0.25) is 9.78 Å². The van der Waals surface area contributed by atoms with Gasteiger partial charge in [0.25, 0.3) is 0 Å². The Labute approximate surface area is 268 Å². The van der Waals surface area contributed by atoms with Gasteiger partial charge in [0.2, 0.25) is 12.5 Å². The molecule has 2 aliphatic rings. The maximum atomic E-state index is 16.7. The molecule has 46 heavy (non-hydrogen) atoms. The van der Waals surface area contributed by atoms with Crippen LogP contribution in [-0.2, 0) is 9.53 Å². The first-order valence-electron chi connectivity index (χ1n) is 15.6. The van der Waals surface area contributed by atoms with Crippen molar-refractivity contribution in [1.82, 2.24) is 24.8 Å². The lowest BCUT2D eigenvalue weighted by molar-refractivity contribution is -0.128. The Balaban J connectivity index is 1.41. The van der Waals surface area contributed by atoms with E-state index in [0.717, 1.165) is 35.7 Å². The van der Waals surface area contributed by atoms with E-state index in [9.17, 15) is 4.79 Å². The largest absolute Gasteiger partial charge is 0.462 e. The van der Waals surface area contributed by atoms with Crippen molar-refractivity contribution in [3.05, 3.63) is 77.5 Å². The number of anilines is 1. The molecule has 0 unspecified atom stereocenters. The van der Waals surface area contributed by atoms with Gasteiger partial charge >= 0.3 is 6.01 Å². The zero-order valence-corrected chi connectivity index (χ0v) is 26.4. The first-order chi connectivity index (χ1) is 22.4. The van der Waals surface area contributed by atoms with Gasteiger partial charge in [-0.15, -0.1) is 0 Å². The predicted octanol–water partition coefficient (Wildman–Crippen LogP) is 4.90. The molecular weight excluding hydrogens is 585 g/mol. The Kier molecular flexibility index (Phi) is 9.38. The summed E-state index contributed by atoms with van der Waals surface area (Å²) in [6.45, 7) is 12.5. The van der Waals surface area contributed by atoms with Gasteiger partial charge in [0, 0.05) is 50.6 Å². The number of likely N-dealkylation sites (N-methyl/N-ethyl adjacent to an activating group) is 1. The van der Waals surface area contributed by atoms with Crippen LogP contribution in [0.15, 0.2) is 54.7 Å². The molecule has 2 atom stereocenters. The van der Waals surface area contributed by atoms with Crippen LogP contribution in [0, 0.1) is 19.3 Å². The van der Waals surface area contributed by atoms with Crippen molar-refractivity contribution in [1.29, 1.82) is 0 Å². The number of hydrogen-bond acceptors (Lipinski definition) is 8. The molecule has 4 aromatic rings. The molecule has 0 spiro atoms. The third-order valence-corrected chi connectivity index (χ3v) is 8.98. The first-order valence-corrected chi connectivity index (χ1v) is 15.6. The molecule has 0 aliphatic carbocycles.